The predicted octanol–water partition coefficient (Wildman–Crippen LogP) is 2.66. The van der Waals surface area contributed by atoms with Crippen LogP contribution >= 0.6 is 0 Å². The highest BCUT2D eigenvalue weighted by molar-refractivity contribution is 6.05. The van der Waals surface area contributed by atoms with E-state index < -0.39 is 29.3 Å². The van der Waals surface area contributed by atoms with Gasteiger partial charge >= 0.3 is 0 Å². The standard InChI is InChI=1S/C20H18O7/c1-20(2)4-3-9-5-10(6-13(23)18(9)27-20)19-17(25)16(24)15-12(22)7-11(21)8-14(15)26-19/h3-8,17,19,21-23,25H,1-2H3. The quantitative estimate of drug-likeness (QED) is 0.610. The number of aliphatic hydroxyl groups excluding tert-OH is 1. The Kier molecular flexibility index (Phi) is 3.61. The van der Waals surface area contributed by atoms with E-state index in [-0.39, 0.29) is 22.8 Å². The maximum absolute atomic E-state index is 12.5. The van der Waals surface area contributed by atoms with Crippen LogP contribution in [0, 0.1) is 0 Å². The van der Waals surface area contributed by atoms with E-state index >= 15 is 0 Å². The summed E-state index contributed by atoms with van der Waals surface area (Å²) in [5, 5.41) is 40.4. The Bertz CT molecular complexity index is 990. The Morgan fingerprint density at radius 3 is 2.52 bits per heavy atom. The summed E-state index contributed by atoms with van der Waals surface area (Å²) in [6, 6.07) is 5.20. The van der Waals surface area contributed by atoms with Gasteiger partial charge in [-0.1, -0.05) is 6.08 Å². The Morgan fingerprint density at radius 1 is 1.04 bits per heavy atom. The molecule has 0 bridgehead atoms. The summed E-state index contributed by atoms with van der Waals surface area (Å²) in [6.07, 6.45) is 0.902. The van der Waals surface area contributed by atoms with Gasteiger partial charge in [-0.05, 0) is 37.6 Å². The van der Waals surface area contributed by atoms with E-state index in [0.29, 0.717) is 16.9 Å². The number of phenols is 3. The van der Waals surface area contributed by atoms with Crippen molar-refractivity contribution in [2.75, 3.05) is 0 Å². The molecule has 7 heteroatoms. The summed E-state index contributed by atoms with van der Waals surface area (Å²) in [4.78, 5) is 12.5. The van der Waals surface area contributed by atoms with E-state index in [1.54, 1.807) is 12.1 Å². The predicted molar refractivity (Wildman–Crippen MR) is 95.3 cm³/mol. The van der Waals surface area contributed by atoms with Crippen LogP contribution in [0.5, 0.6) is 28.7 Å². The van der Waals surface area contributed by atoms with E-state index in [1.807, 2.05) is 19.9 Å². The number of ether oxygens (including phenoxy) is 2. The summed E-state index contributed by atoms with van der Waals surface area (Å²) < 4.78 is 11.4. The number of phenolic OH excluding ortho intramolecular Hbond substituents is 3. The minimum absolute atomic E-state index is 0.0436. The monoisotopic (exact) mass is 370 g/mol. The second-order valence-electron chi connectivity index (χ2n) is 7.18. The lowest BCUT2D eigenvalue weighted by Crippen LogP contribution is -2.36. The highest BCUT2D eigenvalue weighted by atomic mass is 16.5. The van der Waals surface area contributed by atoms with E-state index in [2.05, 4.69) is 0 Å². The number of ketones is 1. The molecule has 7 nitrogen and oxygen atoms in total. The minimum Gasteiger partial charge on any atom is -0.508 e. The Morgan fingerprint density at radius 2 is 1.78 bits per heavy atom. The van der Waals surface area contributed by atoms with Gasteiger partial charge in [-0.3, -0.25) is 4.79 Å². The van der Waals surface area contributed by atoms with Crippen LogP contribution in [0.25, 0.3) is 6.08 Å². The number of aromatic hydroxyl groups is 3. The van der Waals surface area contributed by atoms with Crippen molar-refractivity contribution in [3.05, 3.63) is 47.0 Å². The fourth-order valence-corrected chi connectivity index (χ4v) is 3.31. The van der Waals surface area contributed by atoms with Gasteiger partial charge in [0.1, 0.15) is 28.4 Å². The topological polar surface area (TPSA) is 116 Å². The summed E-state index contributed by atoms with van der Waals surface area (Å²) in [7, 11) is 0. The molecule has 0 saturated heterocycles. The molecule has 2 atom stereocenters. The molecule has 0 aromatic heterocycles. The molecule has 27 heavy (non-hydrogen) atoms. The normalized spacial score (nSPS) is 22.4. The largest absolute Gasteiger partial charge is 0.508 e. The second-order valence-corrected chi connectivity index (χ2v) is 7.18. The summed E-state index contributed by atoms with van der Waals surface area (Å²) in [5.74, 6) is -1.37. The van der Waals surface area contributed by atoms with Crippen molar-refractivity contribution in [1.29, 1.82) is 0 Å². The Balaban J connectivity index is 1.78. The molecule has 4 rings (SSSR count). The molecular weight excluding hydrogens is 352 g/mol. The van der Waals surface area contributed by atoms with Crippen molar-refractivity contribution in [1.82, 2.24) is 0 Å². The number of rotatable bonds is 1. The minimum atomic E-state index is -1.59. The summed E-state index contributed by atoms with van der Waals surface area (Å²) in [6.45, 7) is 3.70. The van der Waals surface area contributed by atoms with Crippen LogP contribution in [0.2, 0.25) is 0 Å². The molecule has 0 aliphatic carbocycles. The molecule has 0 spiro atoms. The maximum atomic E-state index is 12.5. The van der Waals surface area contributed by atoms with Crippen molar-refractivity contribution in [2.45, 2.75) is 31.7 Å². The SMILES string of the molecule is CC1(C)C=Cc2cc(C3Oc4cc(O)cc(O)c4C(=O)C3O)cc(O)c2O1. The fourth-order valence-electron chi connectivity index (χ4n) is 3.31. The molecule has 2 aromatic carbocycles. The average molecular weight is 370 g/mol. The zero-order chi connectivity index (χ0) is 19.5. The van der Waals surface area contributed by atoms with Gasteiger partial charge in [0, 0.05) is 17.7 Å². The highest BCUT2D eigenvalue weighted by Gasteiger charge is 2.40. The van der Waals surface area contributed by atoms with Gasteiger partial charge in [-0.15, -0.1) is 0 Å². The van der Waals surface area contributed by atoms with Crippen molar-refractivity contribution in [3.8, 4) is 28.7 Å². The van der Waals surface area contributed by atoms with E-state index in [1.165, 1.54) is 12.1 Å². The molecule has 2 aliphatic heterocycles. The first kappa shape index (κ1) is 17.2. The van der Waals surface area contributed by atoms with Gasteiger partial charge in [0.2, 0.25) is 5.78 Å². The molecule has 2 heterocycles. The average Bonchev–Trinajstić information content (AvgIpc) is 2.57. The van der Waals surface area contributed by atoms with Gasteiger partial charge in [0.05, 0.1) is 0 Å². The smallest absolute Gasteiger partial charge is 0.202 e. The number of aliphatic hydroxyl groups is 1. The molecule has 2 aromatic rings. The number of hydrogen-bond donors (Lipinski definition) is 4. The van der Waals surface area contributed by atoms with Crippen LogP contribution in [0.15, 0.2) is 30.3 Å². The molecular formula is C20H18O7. The van der Waals surface area contributed by atoms with Crippen molar-refractivity contribution < 1.29 is 34.7 Å². The molecule has 140 valence electrons. The first-order chi connectivity index (χ1) is 12.7. The summed E-state index contributed by atoms with van der Waals surface area (Å²) >= 11 is 0. The fraction of sp³-hybridized carbons (Fsp3) is 0.250. The van der Waals surface area contributed by atoms with Crippen LogP contribution in [0.4, 0.5) is 0 Å². The van der Waals surface area contributed by atoms with Crippen molar-refractivity contribution in [3.63, 3.8) is 0 Å². The summed E-state index contributed by atoms with van der Waals surface area (Å²) in [5.41, 5.74) is 0.172. The second kappa shape index (κ2) is 5.65. The first-order valence-corrected chi connectivity index (χ1v) is 8.36. The van der Waals surface area contributed by atoms with Gasteiger partial charge in [-0.25, -0.2) is 0 Å². The van der Waals surface area contributed by atoms with Gasteiger partial charge in [0.15, 0.2) is 23.7 Å². The highest BCUT2D eigenvalue weighted by Crippen LogP contribution is 2.45. The van der Waals surface area contributed by atoms with Crippen LogP contribution < -0.4 is 9.47 Å². The van der Waals surface area contributed by atoms with Crippen LogP contribution in [-0.4, -0.2) is 37.9 Å². The molecule has 2 aliphatic rings. The molecule has 2 unspecified atom stereocenters. The third kappa shape index (κ3) is 2.76. The number of hydrogen-bond acceptors (Lipinski definition) is 7. The van der Waals surface area contributed by atoms with E-state index in [0.717, 1.165) is 6.07 Å². The Hall–Kier alpha value is -3.19. The molecule has 0 saturated carbocycles. The lowest BCUT2D eigenvalue weighted by atomic mass is 9.91. The van der Waals surface area contributed by atoms with Crippen molar-refractivity contribution in [2.24, 2.45) is 0 Å². The van der Waals surface area contributed by atoms with E-state index in [9.17, 15) is 25.2 Å². The van der Waals surface area contributed by atoms with Gasteiger partial charge in [0.25, 0.3) is 0 Å². The van der Waals surface area contributed by atoms with Gasteiger partial charge < -0.3 is 29.9 Å². The third-order valence-electron chi connectivity index (χ3n) is 4.60. The van der Waals surface area contributed by atoms with Crippen molar-refractivity contribution >= 4 is 11.9 Å². The molecule has 0 fully saturated rings. The Labute approximate surface area is 154 Å². The number of benzene rings is 2. The van der Waals surface area contributed by atoms with Crippen LogP contribution in [0.3, 0.4) is 0 Å². The lowest BCUT2D eigenvalue weighted by molar-refractivity contribution is 0.0209. The van der Waals surface area contributed by atoms with Crippen LogP contribution in [-0.2, 0) is 0 Å². The lowest BCUT2D eigenvalue weighted by Gasteiger charge is -2.32. The molecule has 4 N–H and O–H groups in total. The molecule has 0 amide bonds. The number of carbonyl (C=O) groups is 1. The van der Waals surface area contributed by atoms with Gasteiger partial charge in [-0.2, -0.15) is 0 Å². The first-order valence-electron chi connectivity index (χ1n) is 8.36. The zero-order valence-electron chi connectivity index (χ0n) is 14.6. The van der Waals surface area contributed by atoms with Crippen LogP contribution in [0.1, 0.15) is 41.4 Å². The molecule has 0 radical (unpaired) electrons. The number of Topliss-reactive ketones (excluding diaryl/α,β-unsaturated/α-hetero) is 1. The maximum Gasteiger partial charge on any atom is 0.202 e. The third-order valence-corrected chi connectivity index (χ3v) is 4.60. The number of fused-ring (bicyclic) bond motifs is 2. The van der Waals surface area contributed by atoms with E-state index in [4.69, 9.17) is 9.47 Å². The number of carbonyl (C=O) groups excluding carboxylic acids is 1. The zero-order valence-corrected chi connectivity index (χ0v) is 14.6.